The van der Waals surface area contributed by atoms with Crippen molar-refractivity contribution < 1.29 is 5.11 Å². The number of phenolic OH excluding ortho intramolecular Hbond substituents is 1. The molecule has 18 heavy (non-hydrogen) atoms. The van der Waals surface area contributed by atoms with E-state index in [-0.39, 0.29) is 0 Å². The van der Waals surface area contributed by atoms with Gasteiger partial charge in [0.05, 0.1) is 0 Å². The van der Waals surface area contributed by atoms with Gasteiger partial charge in [-0.05, 0) is 48.9 Å². The van der Waals surface area contributed by atoms with Crippen molar-refractivity contribution in [2.24, 2.45) is 0 Å². The molecule has 1 aromatic carbocycles. The molecule has 0 amide bonds. The summed E-state index contributed by atoms with van der Waals surface area (Å²) in [4.78, 5) is 3.98. The minimum atomic E-state index is 0.328. The van der Waals surface area contributed by atoms with Gasteiger partial charge in [-0.3, -0.25) is 4.98 Å². The summed E-state index contributed by atoms with van der Waals surface area (Å²) in [6.07, 6.45) is 4.56. The van der Waals surface area contributed by atoms with E-state index in [9.17, 15) is 5.11 Å². The first-order chi connectivity index (χ1) is 8.75. The quantitative estimate of drug-likeness (QED) is 0.835. The molecule has 0 unspecified atom stereocenters. The normalized spacial score (nSPS) is 10.5. The van der Waals surface area contributed by atoms with E-state index in [1.54, 1.807) is 18.5 Å². The van der Waals surface area contributed by atoms with E-state index in [0.29, 0.717) is 12.3 Å². The largest absolute Gasteiger partial charge is 0.508 e. The van der Waals surface area contributed by atoms with Gasteiger partial charge >= 0.3 is 0 Å². The van der Waals surface area contributed by atoms with Crippen molar-refractivity contribution in [1.29, 1.82) is 0 Å². The molecule has 0 fully saturated rings. The number of hydrogen-bond donors (Lipinski definition) is 2. The summed E-state index contributed by atoms with van der Waals surface area (Å²) in [5, 5.41) is 13.0. The van der Waals surface area contributed by atoms with Crippen LogP contribution >= 0.6 is 15.9 Å². The maximum Gasteiger partial charge on any atom is 0.120 e. The number of phenols is 1. The lowest BCUT2D eigenvalue weighted by atomic mass is 10.2. The fourth-order valence-electron chi connectivity index (χ4n) is 1.70. The van der Waals surface area contributed by atoms with E-state index in [1.165, 1.54) is 5.56 Å². The second kappa shape index (κ2) is 6.52. The van der Waals surface area contributed by atoms with Gasteiger partial charge in [0, 0.05) is 29.0 Å². The van der Waals surface area contributed by atoms with Crippen molar-refractivity contribution in [3.05, 3.63) is 58.3 Å². The van der Waals surface area contributed by atoms with Crippen molar-refractivity contribution in [2.45, 2.75) is 13.0 Å². The number of halogens is 1. The Hall–Kier alpha value is -1.39. The Bertz CT molecular complexity index is 502. The molecule has 4 heteroatoms. The van der Waals surface area contributed by atoms with Crippen LogP contribution in [0, 0.1) is 0 Å². The summed E-state index contributed by atoms with van der Waals surface area (Å²) in [5.74, 6) is 0.328. The fraction of sp³-hybridized carbons (Fsp3) is 0.214. The zero-order chi connectivity index (χ0) is 12.8. The standard InChI is InChI=1S/C14H15BrN2O/c15-13-1-2-14(18)12(9-13)10-17-8-5-11-3-6-16-7-4-11/h1-4,6-7,9,17-18H,5,8,10H2. The molecule has 2 aromatic rings. The van der Waals surface area contributed by atoms with Crippen molar-refractivity contribution in [3.8, 4) is 5.75 Å². The Morgan fingerprint density at radius 1 is 1.17 bits per heavy atom. The molecule has 0 saturated carbocycles. The molecule has 94 valence electrons. The summed E-state index contributed by atoms with van der Waals surface area (Å²) in [6.45, 7) is 1.53. The Balaban J connectivity index is 1.80. The van der Waals surface area contributed by atoms with Crippen LogP contribution in [-0.2, 0) is 13.0 Å². The second-order valence-electron chi connectivity index (χ2n) is 4.06. The van der Waals surface area contributed by atoms with Gasteiger partial charge in [-0.2, -0.15) is 0 Å². The lowest BCUT2D eigenvalue weighted by molar-refractivity contribution is 0.464. The maximum absolute atomic E-state index is 9.68. The summed E-state index contributed by atoms with van der Waals surface area (Å²) >= 11 is 3.40. The highest BCUT2D eigenvalue weighted by molar-refractivity contribution is 9.10. The Labute approximate surface area is 115 Å². The molecular weight excluding hydrogens is 292 g/mol. The average Bonchev–Trinajstić information content (AvgIpc) is 2.40. The number of aromatic hydroxyl groups is 1. The molecule has 0 aliphatic carbocycles. The summed E-state index contributed by atoms with van der Waals surface area (Å²) < 4.78 is 0.978. The van der Waals surface area contributed by atoms with Crippen LogP contribution in [0.15, 0.2) is 47.2 Å². The van der Waals surface area contributed by atoms with Crippen molar-refractivity contribution >= 4 is 15.9 Å². The van der Waals surface area contributed by atoms with Gasteiger partial charge in [-0.1, -0.05) is 15.9 Å². The third-order valence-electron chi connectivity index (χ3n) is 2.70. The first-order valence-electron chi connectivity index (χ1n) is 5.83. The van der Waals surface area contributed by atoms with Gasteiger partial charge in [0.15, 0.2) is 0 Å². The molecule has 0 radical (unpaired) electrons. The third-order valence-corrected chi connectivity index (χ3v) is 3.19. The molecule has 0 bridgehead atoms. The summed E-state index contributed by atoms with van der Waals surface area (Å²) in [6, 6.07) is 9.48. The fourth-order valence-corrected chi connectivity index (χ4v) is 2.11. The van der Waals surface area contributed by atoms with Crippen LogP contribution in [0.2, 0.25) is 0 Å². The highest BCUT2D eigenvalue weighted by atomic mass is 79.9. The second-order valence-corrected chi connectivity index (χ2v) is 4.97. The number of nitrogens with zero attached hydrogens (tertiary/aromatic N) is 1. The van der Waals surface area contributed by atoms with Crippen molar-refractivity contribution in [3.63, 3.8) is 0 Å². The molecule has 0 saturated heterocycles. The van der Waals surface area contributed by atoms with Gasteiger partial charge in [0.1, 0.15) is 5.75 Å². The highest BCUT2D eigenvalue weighted by Gasteiger charge is 2.01. The Morgan fingerprint density at radius 2 is 1.94 bits per heavy atom. The molecule has 0 aliphatic rings. The molecule has 3 nitrogen and oxygen atoms in total. The first-order valence-corrected chi connectivity index (χ1v) is 6.62. The lowest BCUT2D eigenvalue weighted by Crippen LogP contribution is -2.16. The van der Waals surface area contributed by atoms with E-state index in [0.717, 1.165) is 23.0 Å². The van der Waals surface area contributed by atoms with Crippen LogP contribution in [0.4, 0.5) is 0 Å². The van der Waals surface area contributed by atoms with Gasteiger partial charge < -0.3 is 10.4 Å². The molecule has 1 aromatic heterocycles. The topological polar surface area (TPSA) is 45.1 Å². The summed E-state index contributed by atoms with van der Waals surface area (Å²) in [5.41, 5.74) is 2.16. The number of hydrogen-bond acceptors (Lipinski definition) is 3. The molecule has 0 spiro atoms. The highest BCUT2D eigenvalue weighted by Crippen LogP contribution is 2.21. The SMILES string of the molecule is Oc1ccc(Br)cc1CNCCc1ccncc1. The van der Waals surface area contributed by atoms with Crippen LogP contribution < -0.4 is 5.32 Å². The third kappa shape index (κ3) is 3.82. The van der Waals surface area contributed by atoms with E-state index in [4.69, 9.17) is 0 Å². The van der Waals surface area contributed by atoms with E-state index in [1.807, 2.05) is 24.3 Å². The van der Waals surface area contributed by atoms with E-state index < -0.39 is 0 Å². The minimum Gasteiger partial charge on any atom is -0.508 e. The minimum absolute atomic E-state index is 0.328. The smallest absolute Gasteiger partial charge is 0.120 e. The van der Waals surface area contributed by atoms with Crippen molar-refractivity contribution in [2.75, 3.05) is 6.54 Å². The number of nitrogens with one attached hydrogen (secondary N) is 1. The van der Waals surface area contributed by atoms with Gasteiger partial charge in [-0.25, -0.2) is 0 Å². The van der Waals surface area contributed by atoms with Gasteiger partial charge in [0.25, 0.3) is 0 Å². The zero-order valence-electron chi connectivity index (χ0n) is 9.94. The predicted molar refractivity (Wildman–Crippen MR) is 75.5 cm³/mol. The molecule has 2 N–H and O–H groups in total. The van der Waals surface area contributed by atoms with E-state index in [2.05, 4.69) is 26.2 Å². The average molecular weight is 307 g/mol. The van der Waals surface area contributed by atoms with Crippen LogP contribution in [0.5, 0.6) is 5.75 Å². The number of rotatable bonds is 5. The van der Waals surface area contributed by atoms with Crippen LogP contribution in [0.25, 0.3) is 0 Å². The molecule has 2 rings (SSSR count). The monoisotopic (exact) mass is 306 g/mol. The lowest BCUT2D eigenvalue weighted by Gasteiger charge is -2.07. The van der Waals surface area contributed by atoms with Crippen LogP contribution in [-0.4, -0.2) is 16.6 Å². The Kier molecular flexibility index (Phi) is 4.73. The zero-order valence-corrected chi connectivity index (χ0v) is 11.5. The number of pyridine rings is 1. The summed E-state index contributed by atoms with van der Waals surface area (Å²) in [7, 11) is 0. The number of benzene rings is 1. The van der Waals surface area contributed by atoms with Gasteiger partial charge in [0.2, 0.25) is 0 Å². The molecule has 0 atom stereocenters. The van der Waals surface area contributed by atoms with Crippen molar-refractivity contribution in [1.82, 2.24) is 10.3 Å². The first kappa shape index (κ1) is 13.1. The van der Waals surface area contributed by atoms with Gasteiger partial charge in [-0.15, -0.1) is 0 Å². The Morgan fingerprint density at radius 3 is 2.72 bits per heavy atom. The molecular formula is C14H15BrN2O. The molecule has 1 heterocycles. The predicted octanol–water partition coefficient (Wildman–Crippen LogP) is 2.88. The van der Waals surface area contributed by atoms with Crippen LogP contribution in [0.1, 0.15) is 11.1 Å². The van der Waals surface area contributed by atoms with E-state index >= 15 is 0 Å². The molecule has 0 aliphatic heterocycles. The van der Waals surface area contributed by atoms with Crippen LogP contribution in [0.3, 0.4) is 0 Å². The number of aromatic nitrogens is 1. The maximum atomic E-state index is 9.68.